The van der Waals surface area contributed by atoms with Gasteiger partial charge < -0.3 is 10.6 Å². The maximum absolute atomic E-state index is 13.0. The van der Waals surface area contributed by atoms with Gasteiger partial charge in [0.2, 0.25) is 0 Å². The molecule has 0 unspecified atom stereocenters. The summed E-state index contributed by atoms with van der Waals surface area (Å²) < 4.78 is 0. The van der Waals surface area contributed by atoms with Crippen LogP contribution < -0.4 is 10.6 Å². The molecular formula is C30H34N2O. The van der Waals surface area contributed by atoms with Gasteiger partial charge in [0.25, 0.3) is 5.91 Å². The van der Waals surface area contributed by atoms with E-state index < -0.39 is 0 Å². The Kier molecular flexibility index (Phi) is 6.87. The lowest BCUT2D eigenvalue weighted by atomic mass is 9.90. The summed E-state index contributed by atoms with van der Waals surface area (Å²) in [5, 5.41) is 6.69. The summed E-state index contributed by atoms with van der Waals surface area (Å²) in [4.78, 5) is 13.0. The molecule has 2 N–H and O–H groups in total. The zero-order valence-corrected chi connectivity index (χ0v) is 19.5. The van der Waals surface area contributed by atoms with Crippen LogP contribution in [-0.2, 0) is 45.3 Å². The molecule has 0 bridgehead atoms. The molecule has 0 aliphatic heterocycles. The van der Waals surface area contributed by atoms with Crippen molar-refractivity contribution in [2.24, 2.45) is 0 Å². The van der Waals surface area contributed by atoms with E-state index in [4.69, 9.17) is 0 Å². The van der Waals surface area contributed by atoms with E-state index in [2.05, 4.69) is 47.0 Å². The summed E-state index contributed by atoms with van der Waals surface area (Å²) in [7, 11) is 0. The predicted octanol–water partition coefficient (Wildman–Crippen LogP) is 5.66. The second-order valence-electron chi connectivity index (χ2n) is 9.56. The minimum absolute atomic E-state index is 0.00102. The number of aryl methyl sites for hydroxylation is 4. The molecule has 33 heavy (non-hydrogen) atoms. The van der Waals surface area contributed by atoms with Crippen molar-refractivity contribution in [3.63, 3.8) is 0 Å². The topological polar surface area (TPSA) is 41.1 Å². The highest BCUT2D eigenvalue weighted by molar-refractivity contribution is 5.95. The summed E-state index contributed by atoms with van der Waals surface area (Å²) in [5.41, 5.74) is 10.3. The molecule has 2 aliphatic rings. The first-order chi connectivity index (χ1) is 16.3. The maximum Gasteiger partial charge on any atom is 0.251 e. The summed E-state index contributed by atoms with van der Waals surface area (Å²) in [6.45, 7) is 2.07. The lowest BCUT2D eigenvalue weighted by Gasteiger charge is -2.17. The summed E-state index contributed by atoms with van der Waals surface area (Å²) in [5.74, 6) is -0.00102. The standard InChI is InChI=1S/C30H34N2O/c33-30(32-20-23-14-16-25-8-2-4-10-27(25)18-23)29-12-6-5-11-28(29)21-31-19-22-13-15-24-7-1-3-9-26(24)17-22/h5-6,11-18,31H,1-4,7-10,19-21H2,(H,32,33). The van der Waals surface area contributed by atoms with Crippen molar-refractivity contribution in [2.45, 2.75) is 71.0 Å². The Bertz CT molecular complexity index is 1130. The quantitative estimate of drug-likeness (QED) is 0.499. The zero-order valence-electron chi connectivity index (χ0n) is 19.5. The van der Waals surface area contributed by atoms with Crippen LogP contribution in [0.4, 0.5) is 0 Å². The molecule has 0 radical (unpaired) electrons. The van der Waals surface area contributed by atoms with E-state index in [0.29, 0.717) is 13.1 Å². The summed E-state index contributed by atoms with van der Waals surface area (Å²) >= 11 is 0. The van der Waals surface area contributed by atoms with Crippen molar-refractivity contribution in [1.82, 2.24) is 10.6 Å². The third kappa shape index (κ3) is 5.36. The van der Waals surface area contributed by atoms with E-state index in [0.717, 1.165) is 24.1 Å². The van der Waals surface area contributed by atoms with Crippen LogP contribution in [0.15, 0.2) is 60.7 Å². The van der Waals surface area contributed by atoms with Crippen LogP contribution in [-0.4, -0.2) is 5.91 Å². The number of benzene rings is 3. The fourth-order valence-corrected chi connectivity index (χ4v) is 5.31. The smallest absolute Gasteiger partial charge is 0.251 e. The molecule has 5 rings (SSSR count). The molecule has 0 fully saturated rings. The number of fused-ring (bicyclic) bond motifs is 2. The Labute approximate surface area is 197 Å². The van der Waals surface area contributed by atoms with Gasteiger partial charge in [0.05, 0.1) is 0 Å². The van der Waals surface area contributed by atoms with Gasteiger partial charge in [-0.25, -0.2) is 0 Å². The molecule has 0 aromatic heterocycles. The van der Waals surface area contributed by atoms with E-state index in [9.17, 15) is 4.79 Å². The second kappa shape index (κ2) is 10.4. The molecular weight excluding hydrogens is 404 g/mol. The molecule has 170 valence electrons. The number of rotatable bonds is 7. The van der Waals surface area contributed by atoms with Gasteiger partial charge in [0, 0.05) is 25.2 Å². The second-order valence-corrected chi connectivity index (χ2v) is 9.56. The van der Waals surface area contributed by atoms with Crippen molar-refractivity contribution in [3.05, 3.63) is 105 Å². The van der Waals surface area contributed by atoms with Gasteiger partial charge in [-0.1, -0.05) is 54.6 Å². The van der Waals surface area contributed by atoms with Gasteiger partial charge in [-0.15, -0.1) is 0 Å². The molecule has 0 spiro atoms. The first kappa shape index (κ1) is 21.9. The van der Waals surface area contributed by atoms with E-state index in [1.807, 2.05) is 24.3 Å². The molecule has 0 saturated carbocycles. The largest absolute Gasteiger partial charge is 0.348 e. The third-order valence-electron chi connectivity index (χ3n) is 7.19. The molecule has 0 heterocycles. The molecule has 3 heteroatoms. The summed E-state index contributed by atoms with van der Waals surface area (Å²) in [6.07, 6.45) is 9.96. The molecule has 1 amide bonds. The highest BCUT2D eigenvalue weighted by Gasteiger charge is 2.13. The van der Waals surface area contributed by atoms with E-state index in [1.54, 1.807) is 0 Å². The number of hydrogen-bond acceptors (Lipinski definition) is 2. The molecule has 0 atom stereocenters. The monoisotopic (exact) mass is 438 g/mol. The van der Waals surface area contributed by atoms with E-state index in [1.165, 1.54) is 78.3 Å². The highest BCUT2D eigenvalue weighted by atomic mass is 16.1. The van der Waals surface area contributed by atoms with Crippen molar-refractivity contribution < 1.29 is 4.79 Å². The van der Waals surface area contributed by atoms with E-state index >= 15 is 0 Å². The van der Waals surface area contributed by atoms with Crippen LogP contribution >= 0.6 is 0 Å². The Morgan fingerprint density at radius 3 is 1.88 bits per heavy atom. The number of hydrogen-bond donors (Lipinski definition) is 2. The third-order valence-corrected chi connectivity index (χ3v) is 7.19. The number of nitrogens with one attached hydrogen (secondary N) is 2. The fourth-order valence-electron chi connectivity index (χ4n) is 5.31. The molecule has 0 saturated heterocycles. The van der Waals surface area contributed by atoms with Crippen LogP contribution in [0.25, 0.3) is 0 Å². The minimum Gasteiger partial charge on any atom is -0.348 e. The summed E-state index contributed by atoms with van der Waals surface area (Å²) in [6, 6.07) is 21.5. The molecule has 2 aliphatic carbocycles. The zero-order chi connectivity index (χ0) is 22.5. The van der Waals surface area contributed by atoms with Crippen LogP contribution in [0.3, 0.4) is 0 Å². The predicted molar refractivity (Wildman–Crippen MR) is 134 cm³/mol. The first-order valence-corrected chi connectivity index (χ1v) is 12.5. The molecule has 3 aromatic rings. The van der Waals surface area contributed by atoms with Crippen LogP contribution in [0.1, 0.15) is 75.0 Å². The SMILES string of the molecule is O=C(NCc1ccc2c(c1)CCCC2)c1ccccc1CNCc1ccc2c(c1)CCCC2. The molecule has 3 aromatic carbocycles. The van der Waals surface area contributed by atoms with Crippen molar-refractivity contribution >= 4 is 5.91 Å². The Morgan fingerprint density at radius 2 is 1.21 bits per heavy atom. The molecule has 3 nitrogen and oxygen atoms in total. The maximum atomic E-state index is 13.0. The van der Waals surface area contributed by atoms with Gasteiger partial charge in [0.1, 0.15) is 0 Å². The Morgan fingerprint density at radius 1 is 0.636 bits per heavy atom. The number of carbonyl (C=O) groups excluding carboxylic acids is 1. The fraction of sp³-hybridized carbons (Fsp3) is 0.367. The van der Waals surface area contributed by atoms with Crippen LogP contribution in [0.2, 0.25) is 0 Å². The van der Waals surface area contributed by atoms with Crippen molar-refractivity contribution in [1.29, 1.82) is 0 Å². The van der Waals surface area contributed by atoms with Crippen LogP contribution in [0, 0.1) is 0 Å². The van der Waals surface area contributed by atoms with Crippen molar-refractivity contribution in [3.8, 4) is 0 Å². The van der Waals surface area contributed by atoms with Gasteiger partial charge in [-0.2, -0.15) is 0 Å². The van der Waals surface area contributed by atoms with E-state index in [-0.39, 0.29) is 5.91 Å². The Hall–Kier alpha value is -2.91. The van der Waals surface area contributed by atoms with Crippen LogP contribution in [0.5, 0.6) is 0 Å². The normalized spacial score (nSPS) is 14.9. The average molecular weight is 439 g/mol. The number of amides is 1. The number of carbonyl (C=O) groups is 1. The van der Waals surface area contributed by atoms with Gasteiger partial charge in [0.15, 0.2) is 0 Å². The van der Waals surface area contributed by atoms with Crippen molar-refractivity contribution in [2.75, 3.05) is 0 Å². The lowest BCUT2D eigenvalue weighted by molar-refractivity contribution is 0.0950. The van der Waals surface area contributed by atoms with Gasteiger partial charge in [-0.05, 0) is 96.4 Å². The van der Waals surface area contributed by atoms with Gasteiger partial charge in [-0.3, -0.25) is 4.79 Å². The lowest BCUT2D eigenvalue weighted by Crippen LogP contribution is -2.25. The van der Waals surface area contributed by atoms with Gasteiger partial charge >= 0.3 is 0 Å². The Balaban J connectivity index is 1.18. The highest BCUT2D eigenvalue weighted by Crippen LogP contribution is 2.23. The first-order valence-electron chi connectivity index (χ1n) is 12.5. The average Bonchev–Trinajstić information content (AvgIpc) is 2.87. The minimum atomic E-state index is -0.00102.